The van der Waals surface area contributed by atoms with Crippen molar-refractivity contribution in [2.75, 3.05) is 26.2 Å². The standard InChI is InChI=1S/C16H21ClN2O/c17-14-5-3-4-13(12-14)16(20)19-10-8-18(9-11-19)15-6-1-2-7-15/h3-5,12,15H,1-2,6-11H2. The molecule has 3 nitrogen and oxygen atoms in total. The van der Waals surface area contributed by atoms with E-state index in [2.05, 4.69) is 4.90 Å². The Morgan fingerprint density at radius 3 is 2.45 bits per heavy atom. The molecule has 0 atom stereocenters. The lowest BCUT2D eigenvalue weighted by atomic mass is 10.1. The van der Waals surface area contributed by atoms with Crippen LogP contribution in [0.25, 0.3) is 0 Å². The first-order valence-electron chi connectivity index (χ1n) is 7.53. The molecule has 0 spiro atoms. The highest BCUT2D eigenvalue weighted by molar-refractivity contribution is 6.30. The minimum atomic E-state index is 0.110. The third-order valence-corrected chi connectivity index (χ3v) is 4.75. The molecule has 1 aliphatic carbocycles. The lowest BCUT2D eigenvalue weighted by Gasteiger charge is -2.38. The summed E-state index contributed by atoms with van der Waals surface area (Å²) < 4.78 is 0. The number of carbonyl (C=O) groups excluding carboxylic acids is 1. The van der Waals surface area contributed by atoms with Gasteiger partial charge in [-0.3, -0.25) is 9.69 Å². The third kappa shape index (κ3) is 2.99. The first-order valence-corrected chi connectivity index (χ1v) is 7.91. The molecule has 2 aliphatic rings. The number of nitrogens with zero attached hydrogens (tertiary/aromatic N) is 2. The van der Waals surface area contributed by atoms with Gasteiger partial charge in [0.05, 0.1) is 0 Å². The first-order chi connectivity index (χ1) is 9.74. The fourth-order valence-electron chi connectivity index (χ4n) is 3.36. The molecule has 20 heavy (non-hydrogen) atoms. The lowest BCUT2D eigenvalue weighted by molar-refractivity contribution is 0.0573. The molecular formula is C16H21ClN2O. The van der Waals surface area contributed by atoms with E-state index in [1.807, 2.05) is 17.0 Å². The average Bonchev–Trinajstić information content (AvgIpc) is 3.01. The van der Waals surface area contributed by atoms with Crippen LogP contribution in [0.2, 0.25) is 5.02 Å². The molecule has 1 aromatic rings. The quantitative estimate of drug-likeness (QED) is 0.836. The van der Waals surface area contributed by atoms with Gasteiger partial charge in [0.25, 0.3) is 5.91 Å². The highest BCUT2D eigenvalue weighted by Gasteiger charge is 2.28. The summed E-state index contributed by atoms with van der Waals surface area (Å²) in [5.74, 6) is 0.110. The summed E-state index contributed by atoms with van der Waals surface area (Å²) in [6.07, 6.45) is 5.41. The zero-order chi connectivity index (χ0) is 13.9. The summed E-state index contributed by atoms with van der Waals surface area (Å²) in [7, 11) is 0. The number of benzene rings is 1. The lowest BCUT2D eigenvalue weighted by Crippen LogP contribution is -2.51. The van der Waals surface area contributed by atoms with Gasteiger partial charge in [-0.15, -0.1) is 0 Å². The molecule has 1 amide bonds. The van der Waals surface area contributed by atoms with E-state index in [1.54, 1.807) is 12.1 Å². The number of carbonyl (C=O) groups is 1. The summed E-state index contributed by atoms with van der Waals surface area (Å²) >= 11 is 5.96. The minimum absolute atomic E-state index is 0.110. The van der Waals surface area contributed by atoms with Gasteiger partial charge in [0.2, 0.25) is 0 Å². The molecule has 1 saturated carbocycles. The molecule has 1 saturated heterocycles. The smallest absolute Gasteiger partial charge is 0.253 e. The second-order valence-electron chi connectivity index (χ2n) is 5.78. The van der Waals surface area contributed by atoms with E-state index < -0.39 is 0 Å². The molecule has 4 heteroatoms. The van der Waals surface area contributed by atoms with E-state index in [1.165, 1.54) is 25.7 Å². The maximum atomic E-state index is 12.4. The van der Waals surface area contributed by atoms with Gasteiger partial charge in [0.1, 0.15) is 0 Å². The minimum Gasteiger partial charge on any atom is -0.336 e. The Morgan fingerprint density at radius 2 is 1.80 bits per heavy atom. The molecule has 1 aromatic carbocycles. The van der Waals surface area contributed by atoms with Crippen LogP contribution in [0.4, 0.5) is 0 Å². The van der Waals surface area contributed by atoms with Gasteiger partial charge in [-0.2, -0.15) is 0 Å². The monoisotopic (exact) mass is 292 g/mol. The van der Waals surface area contributed by atoms with Gasteiger partial charge in [0, 0.05) is 42.8 Å². The zero-order valence-electron chi connectivity index (χ0n) is 11.7. The van der Waals surface area contributed by atoms with Crippen molar-refractivity contribution >= 4 is 17.5 Å². The Balaban J connectivity index is 1.58. The van der Waals surface area contributed by atoms with Crippen molar-refractivity contribution in [2.45, 2.75) is 31.7 Å². The van der Waals surface area contributed by atoms with Gasteiger partial charge in [-0.05, 0) is 31.0 Å². The van der Waals surface area contributed by atoms with Crippen LogP contribution in [-0.2, 0) is 0 Å². The van der Waals surface area contributed by atoms with Crippen LogP contribution in [0.3, 0.4) is 0 Å². The van der Waals surface area contributed by atoms with Crippen molar-refractivity contribution in [3.63, 3.8) is 0 Å². The molecule has 0 N–H and O–H groups in total. The SMILES string of the molecule is O=C(c1cccc(Cl)c1)N1CCN(C2CCCC2)CC1. The summed E-state index contributed by atoms with van der Waals surface area (Å²) in [6.45, 7) is 3.69. The number of halogens is 1. The topological polar surface area (TPSA) is 23.6 Å². The Kier molecular flexibility index (Phi) is 4.27. The highest BCUT2D eigenvalue weighted by atomic mass is 35.5. The molecule has 0 bridgehead atoms. The summed E-state index contributed by atoms with van der Waals surface area (Å²) in [5.41, 5.74) is 0.701. The average molecular weight is 293 g/mol. The van der Waals surface area contributed by atoms with Crippen LogP contribution in [-0.4, -0.2) is 47.9 Å². The Hall–Kier alpha value is -1.06. The van der Waals surface area contributed by atoms with Gasteiger partial charge in [-0.1, -0.05) is 30.5 Å². The van der Waals surface area contributed by atoms with Crippen LogP contribution in [0.15, 0.2) is 24.3 Å². The second kappa shape index (κ2) is 6.15. The van der Waals surface area contributed by atoms with E-state index in [0.717, 1.165) is 32.2 Å². The maximum absolute atomic E-state index is 12.4. The van der Waals surface area contributed by atoms with Crippen LogP contribution < -0.4 is 0 Å². The normalized spacial score (nSPS) is 21.4. The van der Waals surface area contributed by atoms with Crippen molar-refractivity contribution in [1.82, 2.24) is 9.80 Å². The molecule has 0 unspecified atom stereocenters. The van der Waals surface area contributed by atoms with Crippen LogP contribution >= 0.6 is 11.6 Å². The van der Waals surface area contributed by atoms with Crippen molar-refractivity contribution < 1.29 is 4.79 Å². The molecule has 1 heterocycles. The molecule has 0 radical (unpaired) electrons. The number of rotatable bonds is 2. The van der Waals surface area contributed by atoms with Crippen LogP contribution in [0, 0.1) is 0 Å². The number of hydrogen-bond donors (Lipinski definition) is 0. The van der Waals surface area contributed by atoms with E-state index in [4.69, 9.17) is 11.6 Å². The summed E-state index contributed by atoms with van der Waals surface area (Å²) in [5, 5.41) is 0.625. The van der Waals surface area contributed by atoms with E-state index in [-0.39, 0.29) is 5.91 Å². The predicted octanol–water partition coefficient (Wildman–Crippen LogP) is 3.04. The first kappa shape index (κ1) is 13.9. The molecule has 2 fully saturated rings. The van der Waals surface area contributed by atoms with Crippen molar-refractivity contribution in [2.24, 2.45) is 0 Å². The highest BCUT2D eigenvalue weighted by Crippen LogP contribution is 2.24. The number of hydrogen-bond acceptors (Lipinski definition) is 2. The number of piperazine rings is 1. The third-order valence-electron chi connectivity index (χ3n) is 4.51. The zero-order valence-corrected chi connectivity index (χ0v) is 12.5. The summed E-state index contributed by atoms with van der Waals surface area (Å²) in [4.78, 5) is 16.9. The fraction of sp³-hybridized carbons (Fsp3) is 0.562. The number of amides is 1. The summed E-state index contributed by atoms with van der Waals surface area (Å²) in [6, 6.07) is 8.00. The maximum Gasteiger partial charge on any atom is 0.253 e. The molecular weight excluding hydrogens is 272 g/mol. The van der Waals surface area contributed by atoms with Crippen molar-refractivity contribution in [1.29, 1.82) is 0 Å². The Labute approximate surface area is 125 Å². The molecule has 108 valence electrons. The Bertz CT molecular complexity index is 477. The molecule has 3 rings (SSSR count). The van der Waals surface area contributed by atoms with E-state index in [9.17, 15) is 4.79 Å². The van der Waals surface area contributed by atoms with E-state index in [0.29, 0.717) is 10.6 Å². The van der Waals surface area contributed by atoms with Crippen LogP contribution in [0.1, 0.15) is 36.0 Å². The van der Waals surface area contributed by atoms with Gasteiger partial charge in [-0.25, -0.2) is 0 Å². The largest absolute Gasteiger partial charge is 0.336 e. The molecule has 0 aromatic heterocycles. The van der Waals surface area contributed by atoms with Crippen LogP contribution in [0.5, 0.6) is 0 Å². The van der Waals surface area contributed by atoms with Gasteiger partial charge >= 0.3 is 0 Å². The van der Waals surface area contributed by atoms with Gasteiger partial charge < -0.3 is 4.90 Å². The second-order valence-corrected chi connectivity index (χ2v) is 6.21. The van der Waals surface area contributed by atoms with Crippen molar-refractivity contribution in [3.05, 3.63) is 34.9 Å². The van der Waals surface area contributed by atoms with Crippen molar-refractivity contribution in [3.8, 4) is 0 Å². The fourth-order valence-corrected chi connectivity index (χ4v) is 3.55. The molecule has 1 aliphatic heterocycles. The predicted molar refractivity (Wildman–Crippen MR) is 81.2 cm³/mol. The van der Waals surface area contributed by atoms with Gasteiger partial charge in [0.15, 0.2) is 0 Å². The van der Waals surface area contributed by atoms with E-state index >= 15 is 0 Å². The Morgan fingerprint density at radius 1 is 1.10 bits per heavy atom.